The monoisotopic (exact) mass is 440 g/mol. The lowest BCUT2D eigenvalue weighted by Gasteiger charge is -2.10. The molecule has 0 bridgehead atoms. The number of hydrogen-bond donors (Lipinski definition) is 1. The first-order valence-electron chi connectivity index (χ1n) is 9.11. The van der Waals surface area contributed by atoms with Gasteiger partial charge in [0.15, 0.2) is 0 Å². The number of alkyl halides is 3. The van der Waals surface area contributed by atoms with E-state index in [9.17, 15) is 21.6 Å². The van der Waals surface area contributed by atoms with Crippen molar-refractivity contribution in [2.24, 2.45) is 0 Å². The van der Waals surface area contributed by atoms with E-state index in [2.05, 4.69) is 14.2 Å². The van der Waals surface area contributed by atoms with E-state index < -0.39 is 21.4 Å². The second-order valence-electron chi connectivity index (χ2n) is 6.75. The number of pyridine rings is 2. The molecule has 0 aliphatic carbocycles. The van der Waals surface area contributed by atoms with Crippen LogP contribution in [0.3, 0.4) is 0 Å². The number of nitrogens with zero attached hydrogens (tertiary/aromatic N) is 2. The Labute approximate surface area is 171 Å². The minimum Gasteiger partial charge on any atom is -0.392 e. The molecule has 0 atom stereocenters. The largest absolute Gasteiger partial charge is 0.534 e. The molecule has 0 unspecified atom stereocenters. The summed E-state index contributed by atoms with van der Waals surface area (Å²) in [5.41, 5.74) is -2.31. The lowest BCUT2D eigenvalue weighted by molar-refractivity contribution is -0.0500. The maximum absolute atomic E-state index is 12.5. The summed E-state index contributed by atoms with van der Waals surface area (Å²) in [5, 5.41) is 9.63. The summed E-state index contributed by atoms with van der Waals surface area (Å²) in [4.78, 5) is 8.34. The van der Waals surface area contributed by atoms with Crippen LogP contribution in [0, 0.1) is 0 Å². The Morgan fingerprint density at radius 1 is 0.933 bits per heavy atom. The zero-order valence-corrected chi connectivity index (χ0v) is 16.6. The standard InChI is InChI=1S/C20H19F3N2O4S/c21-20(22,23)30(27,28)29-18-5-6-19-17(9-18)8-15(12-25-19)4-2-1-3-14-7-16(13-26)11-24-10-14/h5-12,26H,1-4,13H2. The van der Waals surface area contributed by atoms with Crippen molar-refractivity contribution >= 4 is 21.0 Å². The number of rotatable bonds is 8. The quantitative estimate of drug-likeness (QED) is 0.325. The number of benzene rings is 1. The zero-order chi connectivity index (χ0) is 21.8. The molecule has 2 aromatic heterocycles. The molecule has 2 heterocycles. The Balaban J connectivity index is 1.64. The first-order chi connectivity index (χ1) is 14.2. The predicted octanol–water partition coefficient (Wildman–Crippen LogP) is 3.92. The van der Waals surface area contributed by atoms with E-state index in [-0.39, 0.29) is 6.61 Å². The molecule has 3 rings (SSSR count). The predicted molar refractivity (Wildman–Crippen MR) is 104 cm³/mol. The second-order valence-corrected chi connectivity index (χ2v) is 8.29. The minimum absolute atomic E-state index is 0.0560. The van der Waals surface area contributed by atoms with Crippen molar-refractivity contribution in [1.82, 2.24) is 9.97 Å². The molecule has 1 aromatic carbocycles. The van der Waals surface area contributed by atoms with Gasteiger partial charge in [-0.2, -0.15) is 21.6 Å². The summed E-state index contributed by atoms with van der Waals surface area (Å²) < 4.78 is 64.0. The van der Waals surface area contributed by atoms with Crippen molar-refractivity contribution in [3.63, 3.8) is 0 Å². The molecule has 0 saturated heterocycles. The SMILES string of the molecule is O=S(=O)(Oc1ccc2ncc(CCCCc3cncc(CO)c3)cc2c1)C(F)(F)F. The van der Waals surface area contributed by atoms with Gasteiger partial charge in [0.2, 0.25) is 0 Å². The maximum Gasteiger partial charge on any atom is 0.534 e. The topological polar surface area (TPSA) is 89.4 Å². The highest BCUT2D eigenvalue weighted by Gasteiger charge is 2.48. The second kappa shape index (κ2) is 8.97. The molecule has 0 aliphatic rings. The molecule has 6 nitrogen and oxygen atoms in total. The summed E-state index contributed by atoms with van der Waals surface area (Å²) in [7, 11) is -5.72. The van der Waals surface area contributed by atoms with Crippen LogP contribution in [-0.2, 0) is 29.6 Å². The Morgan fingerprint density at radius 3 is 2.27 bits per heavy atom. The van der Waals surface area contributed by atoms with Gasteiger partial charge >= 0.3 is 15.6 Å². The van der Waals surface area contributed by atoms with Gasteiger partial charge in [0.25, 0.3) is 0 Å². The number of aliphatic hydroxyl groups excluding tert-OH is 1. The average Bonchev–Trinajstić information content (AvgIpc) is 2.70. The fraction of sp³-hybridized carbons (Fsp3) is 0.300. The van der Waals surface area contributed by atoms with Gasteiger partial charge in [0.1, 0.15) is 5.75 Å². The summed E-state index contributed by atoms with van der Waals surface area (Å²) in [5.74, 6) is -0.421. The van der Waals surface area contributed by atoms with Gasteiger partial charge in [0, 0.05) is 24.0 Å². The van der Waals surface area contributed by atoms with Crippen LogP contribution < -0.4 is 4.18 Å². The molecule has 3 aromatic rings. The number of aromatic nitrogens is 2. The average molecular weight is 440 g/mol. The smallest absolute Gasteiger partial charge is 0.392 e. The third-order valence-electron chi connectivity index (χ3n) is 4.41. The number of aliphatic hydroxyl groups is 1. The van der Waals surface area contributed by atoms with E-state index in [1.807, 2.05) is 6.07 Å². The van der Waals surface area contributed by atoms with Gasteiger partial charge in [-0.25, -0.2) is 0 Å². The van der Waals surface area contributed by atoms with Gasteiger partial charge in [-0.1, -0.05) is 6.07 Å². The highest BCUT2D eigenvalue weighted by Crippen LogP contribution is 2.28. The molecule has 0 spiro atoms. The first kappa shape index (κ1) is 22.0. The molecular formula is C20H19F3N2O4S. The Kier molecular flexibility index (Phi) is 6.57. The van der Waals surface area contributed by atoms with E-state index in [4.69, 9.17) is 5.11 Å². The number of aryl methyl sites for hydroxylation is 2. The number of hydrogen-bond acceptors (Lipinski definition) is 6. The molecule has 0 amide bonds. The van der Waals surface area contributed by atoms with Gasteiger partial charge < -0.3 is 9.29 Å². The lowest BCUT2D eigenvalue weighted by atomic mass is 10.0. The number of fused-ring (bicyclic) bond motifs is 1. The Bertz CT molecular complexity index is 1130. The number of unbranched alkanes of at least 4 members (excludes halogenated alkanes) is 1. The van der Waals surface area contributed by atoms with Crippen molar-refractivity contribution < 1.29 is 30.9 Å². The van der Waals surface area contributed by atoms with Crippen molar-refractivity contribution in [3.8, 4) is 5.75 Å². The molecule has 10 heteroatoms. The Morgan fingerprint density at radius 2 is 1.60 bits per heavy atom. The molecule has 0 fully saturated rings. The first-order valence-corrected chi connectivity index (χ1v) is 10.5. The van der Waals surface area contributed by atoms with E-state index in [1.54, 1.807) is 24.7 Å². The van der Waals surface area contributed by atoms with Crippen LogP contribution in [0.2, 0.25) is 0 Å². The fourth-order valence-corrected chi connectivity index (χ4v) is 3.39. The molecule has 0 saturated carbocycles. The highest BCUT2D eigenvalue weighted by molar-refractivity contribution is 7.88. The molecular weight excluding hydrogens is 421 g/mol. The third-order valence-corrected chi connectivity index (χ3v) is 5.39. The third kappa shape index (κ3) is 5.45. The summed E-state index contributed by atoms with van der Waals surface area (Å²) in [6.07, 6.45) is 8.27. The molecule has 160 valence electrons. The van der Waals surface area contributed by atoms with E-state index >= 15 is 0 Å². The molecule has 0 radical (unpaired) electrons. The van der Waals surface area contributed by atoms with Crippen LogP contribution in [-0.4, -0.2) is 29.0 Å². The summed E-state index contributed by atoms with van der Waals surface area (Å²) >= 11 is 0. The normalized spacial score (nSPS) is 12.3. The maximum atomic E-state index is 12.5. The summed E-state index contributed by atoms with van der Waals surface area (Å²) in [6.45, 7) is -0.0560. The van der Waals surface area contributed by atoms with Gasteiger partial charge in [-0.05, 0) is 66.6 Å². The van der Waals surface area contributed by atoms with Crippen LogP contribution in [0.25, 0.3) is 10.9 Å². The van der Waals surface area contributed by atoms with Crippen LogP contribution >= 0.6 is 0 Å². The van der Waals surface area contributed by atoms with Crippen molar-refractivity contribution in [2.75, 3.05) is 0 Å². The zero-order valence-electron chi connectivity index (χ0n) is 15.8. The van der Waals surface area contributed by atoms with E-state index in [0.29, 0.717) is 17.3 Å². The van der Waals surface area contributed by atoms with Crippen molar-refractivity contribution in [1.29, 1.82) is 0 Å². The number of halogens is 3. The molecule has 30 heavy (non-hydrogen) atoms. The van der Waals surface area contributed by atoms with Crippen LogP contribution in [0.15, 0.2) is 48.9 Å². The van der Waals surface area contributed by atoms with E-state index in [1.165, 1.54) is 12.1 Å². The van der Waals surface area contributed by atoms with Crippen LogP contribution in [0.4, 0.5) is 13.2 Å². The van der Waals surface area contributed by atoms with E-state index in [0.717, 1.165) is 42.0 Å². The molecule has 0 aliphatic heterocycles. The minimum atomic E-state index is -5.72. The van der Waals surface area contributed by atoms with Crippen molar-refractivity contribution in [3.05, 3.63) is 65.6 Å². The van der Waals surface area contributed by atoms with Crippen LogP contribution in [0.5, 0.6) is 5.75 Å². The van der Waals surface area contributed by atoms with Gasteiger partial charge in [0.05, 0.1) is 12.1 Å². The van der Waals surface area contributed by atoms with Crippen molar-refractivity contribution in [2.45, 2.75) is 37.8 Å². The highest BCUT2D eigenvalue weighted by atomic mass is 32.2. The lowest BCUT2D eigenvalue weighted by Crippen LogP contribution is -2.28. The fourth-order valence-electron chi connectivity index (χ4n) is 2.94. The summed E-state index contributed by atoms with van der Waals surface area (Å²) in [6, 6.07) is 7.42. The van der Waals surface area contributed by atoms with Gasteiger partial charge in [-0.15, -0.1) is 0 Å². The Hall–Kier alpha value is -2.72. The molecule has 1 N–H and O–H groups in total. The van der Waals surface area contributed by atoms with Gasteiger partial charge in [-0.3, -0.25) is 9.97 Å². The van der Waals surface area contributed by atoms with Crippen LogP contribution in [0.1, 0.15) is 29.5 Å².